The maximum atomic E-state index is 12.8. The number of hydrogen-bond acceptors (Lipinski definition) is 10. The Bertz CT molecular complexity index is 1380. The molecule has 0 radical (unpaired) electrons. The van der Waals surface area contributed by atoms with Crippen molar-refractivity contribution in [1.82, 2.24) is 0 Å². The van der Waals surface area contributed by atoms with Crippen molar-refractivity contribution >= 4 is 17.9 Å². The summed E-state index contributed by atoms with van der Waals surface area (Å²) in [6.45, 7) is 3.63. The lowest BCUT2D eigenvalue weighted by atomic mass is 9.99. The lowest BCUT2D eigenvalue weighted by molar-refractivity contribution is -0.298. The van der Waals surface area contributed by atoms with Crippen molar-refractivity contribution in [1.29, 1.82) is 0 Å². The van der Waals surface area contributed by atoms with Gasteiger partial charge in [0, 0.05) is 12.8 Å². The zero-order valence-electron chi connectivity index (χ0n) is 39.5. The Balaban J connectivity index is 2.38. The Labute approximate surface area is 386 Å². The van der Waals surface area contributed by atoms with Gasteiger partial charge in [0.15, 0.2) is 18.5 Å². The van der Waals surface area contributed by atoms with E-state index in [4.69, 9.17) is 18.9 Å². The van der Waals surface area contributed by atoms with Crippen LogP contribution in [-0.4, -0.2) is 88.4 Å². The number of unbranched alkanes of at least 4 members (excludes halogenated alkanes) is 15. The number of carboxylic acid groups (broad SMARTS) is 1. The monoisotopic (exact) mass is 899 g/mol. The number of carbonyl (C=O) groups excluding carboxylic acids is 2. The van der Waals surface area contributed by atoms with E-state index < -0.39 is 61.3 Å². The van der Waals surface area contributed by atoms with Gasteiger partial charge in [-0.05, 0) is 77.0 Å². The lowest BCUT2D eigenvalue weighted by Gasteiger charge is -2.38. The van der Waals surface area contributed by atoms with E-state index in [0.717, 1.165) is 57.8 Å². The topological polar surface area (TPSA) is 169 Å². The molecule has 6 atom stereocenters. The van der Waals surface area contributed by atoms with Gasteiger partial charge in [-0.1, -0.05) is 176 Å². The van der Waals surface area contributed by atoms with Gasteiger partial charge in [-0.2, -0.15) is 0 Å². The van der Waals surface area contributed by atoms with Crippen LogP contribution in [0.3, 0.4) is 0 Å². The van der Waals surface area contributed by atoms with Gasteiger partial charge >= 0.3 is 17.9 Å². The molecule has 0 aromatic heterocycles. The normalized spacial score (nSPS) is 20.0. The van der Waals surface area contributed by atoms with Crippen LogP contribution < -0.4 is 0 Å². The third kappa shape index (κ3) is 33.0. The van der Waals surface area contributed by atoms with Crippen LogP contribution in [0.5, 0.6) is 0 Å². The molecular weight excluding hydrogens is 813 g/mol. The number of carboxylic acids is 1. The van der Waals surface area contributed by atoms with Gasteiger partial charge in [-0.3, -0.25) is 9.59 Å². The fourth-order valence-electron chi connectivity index (χ4n) is 6.90. The molecule has 4 N–H and O–H groups in total. The third-order valence-electron chi connectivity index (χ3n) is 10.7. The molecular formula is C53H86O11. The molecule has 0 spiro atoms. The summed E-state index contributed by atoms with van der Waals surface area (Å²) < 4.78 is 21.7. The summed E-state index contributed by atoms with van der Waals surface area (Å²) in [5.74, 6) is -2.56. The summed E-state index contributed by atoms with van der Waals surface area (Å²) in [5.41, 5.74) is 0. The van der Waals surface area contributed by atoms with Gasteiger partial charge in [0.1, 0.15) is 24.9 Å². The molecule has 11 heteroatoms. The van der Waals surface area contributed by atoms with E-state index >= 15 is 0 Å². The molecule has 11 nitrogen and oxygen atoms in total. The van der Waals surface area contributed by atoms with Gasteiger partial charge in [0.05, 0.1) is 6.61 Å². The summed E-state index contributed by atoms with van der Waals surface area (Å²) in [5, 5.41) is 39.9. The number of esters is 2. The molecule has 1 aliphatic rings. The van der Waals surface area contributed by atoms with Gasteiger partial charge in [-0.25, -0.2) is 4.79 Å². The number of aliphatic hydroxyl groups is 3. The molecule has 0 amide bonds. The maximum Gasteiger partial charge on any atom is 0.335 e. The minimum atomic E-state index is -1.88. The van der Waals surface area contributed by atoms with Gasteiger partial charge in [0.2, 0.25) is 0 Å². The average molecular weight is 899 g/mol. The van der Waals surface area contributed by atoms with Crippen molar-refractivity contribution in [3.8, 4) is 0 Å². The second-order valence-corrected chi connectivity index (χ2v) is 16.6. The minimum Gasteiger partial charge on any atom is -0.479 e. The second kappa shape index (κ2) is 42.1. The Morgan fingerprint density at radius 3 is 1.45 bits per heavy atom. The van der Waals surface area contributed by atoms with Crippen molar-refractivity contribution in [3.05, 3.63) is 85.1 Å². The Morgan fingerprint density at radius 2 is 0.953 bits per heavy atom. The Kier molecular flexibility index (Phi) is 38.4. The predicted octanol–water partition coefficient (Wildman–Crippen LogP) is 11.4. The molecule has 1 aliphatic heterocycles. The van der Waals surface area contributed by atoms with E-state index in [1.165, 1.54) is 83.5 Å². The summed E-state index contributed by atoms with van der Waals surface area (Å²) in [6, 6.07) is 0. The lowest BCUT2D eigenvalue weighted by Crippen LogP contribution is -2.60. The highest BCUT2D eigenvalue weighted by Crippen LogP contribution is 2.23. The second-order valence-electron chi connectivity index (χ2n) is 16.6. The van der Waals surface area contributed by atoms with E-state index in [2.05, 4.69) is 86.8 Å². The summed E-state index contributed by atoms with van der Waals surface area (Å²) in [7, 11) is 0. The first-order chi connectivity index (χ1) is 31.2. The first-order valence-electron chi connectivity index (χ1n) is 24.6. The molecule has 0 aliphatic carbocycles. The summed E-state index contributed by atoms with van der Waals surface area (Å²) in [4.78, 5) is 36.9. The summed E-state index contributed by atoms with van der Waals surface area (Å²) >= 11 is 0. The molecule has 0 bridgehead atoms. The number of allylic oxidation sites excluding steroid dienone is 14. The molecule has 6 unspecified atom stereocenters. The smallest absolute Gasteiger partial charge is 0.335 e. The van der Waals surface area contributed by atoms with Crippen molar-refractivity contribution in [2.45, 2.75) is 218 Å². The fourth-order valence-corrected chi connectivity index (χ4v) is 6.90. The Morgan fingerprint density at radius 1 is 0.500 bits per heavy atom. The van der Waals surface area contributed by atoms with Crippen LogP contribution in [0.25, 0.3) is 0 Å². The van der Waals surface area contributed by atoms with Crippen LogP contribution in [0.2, 0.25) is 0 Å². The number of carbonyl (C=O) groups is 3. The van der Waals surface area contributed by atoms with Gasteiger partial charge in [0.25, 0.3) is 0 Å². The summed E-state index contributed by atoms with van der Waals surface area (Å²) in [6.07, 6.45) is 46.4. The van der Waals surface area contributed by atoms with E-state index in [9.17, 15) is 34.8 Å². The number of rotatable bonds is 40. The first kappa shape index (κ1) is 58.4. The van der Waals surface area contributed by atoms with Crippen LogP contribution in [0.4, 0.5) is 0 Å². The molecule has 64 heavy (non-hydrogen) atoms. The standard InChI is InChI=1S/C53H86O11/c1-3-5-7-9-11-13-15-17-19-21-23-25-27-29-31-33-35-37-39-41-46(54)61-43-45(44-62-53-50(58)48(56)49(57)51(64-53)52(59)60)63-47(55)42-40-38-36-34-32-30-28-26-24-22-20-18-16-14-12-10-8-6-4-2/h5,7,11,13,17-20,23,25,29,31,35,37,45,48-51,53,56-58H,3-4,6,8-10,12,14-16,21-22,24,26-28,30,32-34,36,38-44H2,1-2H3,(H,59,60)/b7-5-,13-11-,19-17-,20-18-,25-23-,31-29-,37-35-. The molecule has 1 rings (SSSR count). The van der Waals surface area contributed by atoms with Gasteiger partial charge in [-0.15, -0.1) is 0 Å². The maximum absolute atomic E-state index is 12.8. The fraction of sp³-hybridized carbons (Fsp3) is 0.679. The molecule has 1 heterocycles. The van der Waals surface area contributed by atoms with Crippen molar-refractivity contribution in [3.63, 3.8) is 0 Å². The molecule has 0 saturated carbocycles. The van der Waals surface area contributed by atoms with Crippen LogP contribution in [-0.2, 0) is 33.3 Å². The zero-order chi connectivity index (χ0) is 46.7. The van der Waals surface area contributed by atoms with Crippen molar-refractivity contribution in [2.75, 3.05) is 13.2 Å². The van der Waals surface area contributed by atoms with E-state index in [0.29, 0.717) is 12.8 Å². The molecule has 1 saturated heterocycles. The van der Waals surface area contributed by atoms with Crippen LogP contribution in [0.1, 0.15) is 181 Å². The quantitative estimate of drug-likeness (QED) is 0.0262. The van der Waals surface area contributed by atoms with Crippen molar-refractivity contribution < 1.29 is 53.8 Å². The predicted molar refractivity (Wildman–Crippen MR) is 256 cm³/mol. The molecule has 364 valence electrons. The largest absolute Gasteiger partial charge is 0.479 e. The van der Waals surface area contributed by atoms with Gasteiger partial charge < -0.3 is 39.4 Å². The van der Waals surface area contributed by atoms with Crippen molar-refractivity contribution in [2.24, 2.45) is 0 Å². The molecule has 0 aromatic carbocycles. The van der Waals surface area contributed by atoms with E-state index in [-0.39, 0.29) is 19.4 Å². The Hall–Kier alpha value is -3.61. The number of aliphatic hydroxyl groups excluding tert-OH is 3. The number of aliphatic carboxylic acids is 1. The molecule has 0 aromatic rings. The first-order valence-corrected chi connectivity index (χ1v) is 24.6. The zero-order valence-corrected chi connectivity index (χ0v) is 39.5. The highest BCUT2D eigenvalue weighted by molar-refractivity contribution is 5.73. The highest BCUT2D eigenvalue weighted by atomic mass is 16.7. The van der Waals surface area contributed by atoms with Crippen LogP contribution in [0, 0.1) is 0 Å². The van der Waals surface area contributed by atoms with E-state index in [1.807, 2.05) is 12.2 Å². The third-order valence-corrected chi connectivity index (χ3v) is 10.7. The van der Waals surface area contributed by atoms with Crippen LogP contribution >= 0.6 is 0 Å². The minimum absolute atomic E-state index is 0.106. The van der Waals surface area contributed by atoms with E-state index in [1.54, 1.807) is 0 Å². The average Bonchev–Trinajstić information content (AvgIpc) is 3.28. The SMILES string of the molecule is CC/C=C\C/C=C\C/C=C\C/C=C\C/C=C\C/C=C\CCC(=O)OCC(COC1OC(C(=O)O)C(O)C(O)C1O)OC(=O)CCCCCCCCCCC/C=C\CCCCCCCC. The number of ether oxygens (including phenoxy) is 4. The molecule has 1 fully saturated rings. The van der Waals surface area contributed by atoms with Crippen LogP contribution in [0.15, 0.2) is 85.1 Å². The highest BCUT2D eigenvalue weighted by Gasteiger charge is 2.47. The number of hydrogen-bond donors (Lipinski definition) is 4.